The zero-order valence-electron chi connectivity index (χ0n) is 13.8. The van der Waals surface area contributed by atoms with E-state index in [1.807, 2.05) is 18.2 Å². The molecule has 0 aliphatic carbocycles. The SMILES string of the molecule is C[C@H](CCc1ccccc1)[NH2+]CC(=O)Nc1ccc2c(c1)OCO2. The van der Waals surface area contributed by atoms with Crippen molar-refractivity contribution in [1.82, 2.24) is 0 Å². The summed E-state index contributed by atoms with van der Waals surface area (Å²) in [6.07, 6.45) is 2.07. The Hall–Kier alpha value is -2.53. The van der Waals surface area contributed by atoms with Gasteiger partial charge in [-0.2, -0.15) is 0 Å². The molecule has 3 rings (SSSR count). The third-order valence-electron chi connectivity index (χ3n) is 4.09. The molecule has 0 radical (unpaired) electrons. The zero-order valence-corrected chi connectivity index (χ0v) is 13.8. The maximum atomic E-state index is 12.1. The predicted molar refractivity (Wildman–Crippen MR) is 92.2 cm³/mol. The largest absolute Gasteiger partial charge is 0.454 e. The average molecular weight is 327 g/mol. The Morgan fingerprint density at radius 1 is 1.17 bits per heavy atom. The molecule has 3 N–H and O–H groups in total. The molecule has 1 amide bonds. The van der Waals surface area contributed by atoms with Gasteiger partial charge < -0.3 is 20.1 Å². The molecule has 0 saturated carbocycles. The van der Waals surface area contributed by atoms with Gasteiger partial charge in [-0.25, -0.2) is 0 Å². The summed E-state index contributed by atoms with van der Waals surface area (Å²) < 4.78 is 10.6. The Balaban J connectivity index is 1.40. The molecule has 0 spiro atoms. The van der Waals surface area contributed by atoms with Gasteiger partial charge in [0.1, 0.15) is 0 Å². The van der Waals surface area contributed by atoms with Crippen LogP contribution >= 0.6 is 0 Å². The topological polar surface area (TPSA) is 64.2 Å². The standard InChI is InChI=1S/C19H22N2O3/c1-14(7-8-15-5-3-2-4-6-15)20-12-19(22)21-16-9-10-17-18(11-16)24-13-23-17/h2-6,9-11,14,20H,7-8,12-13H2,1H3,(H,21,22)/p+1/t14-/m1/s1. The van der Waals surface area contributed by atoms with Crippen LogP contribution < -0.4 is 20.1 Å². The normalized spacial score (nSPS) is 13.5. The Bertz CT molecular complexity index is 688. The second kappa shape index (κ2) is 7.84. The summed E-state index contributed by atoms with van der Waals surface area (Å²) in [5.74, 6) is 1.38. The van der Waals surface area contributed by atoms with Gasteiger partial charge in [0.15, 0.2) is 18.0 Å². The predicted octanol–water partition coefficient (Wildman–Crippen LogP) is 1.94. The summed E-state index contributed by atoms with van der Waals surface area (Å²) in [6, 6.07) is 16.2. The molecular weight excluding hydrogens is 304 g/mol. The highest BCUT2D eigenvalue weighted by molar-refractivity contribution is 5.91. The number of aryl methyl sites for hydroxylation is 1. The van der Waals surface area contributed by atoms with Crippen LogP contribution in [-0.4, -0.2) is 25.3 Å². The molecular formula is C19H23N2O3+. The molecule has 0 unspecified atom stereocenters. The van der Waals surface area contributed by atoms with E-state index in [2.05, 4.69) is 41.8 Å². The number of benzene rings is 2. The number of fused-ring (bicyclic) bond motifs is 1. The number of amides is 1. The van der Waals surface area contributed by atoms with Crippen LogP contribution in [0.2, 0.25) is 0 Å². The fraction of sp³-hybridized carbons (Fsp3) is 0.316. The third-order valence-corrected chi connectivity index (χ3v) is 4.09. The molecule has 24 heavy (non-hydrogen) atoms. The summed E-state index contributed by atoms with van der Waals surface area (Å²) in [5.41, 5.74) is 2.07. The average Bonchev–Trinajstić information content (AvgIpc) is 3.07. The van der Waals surface area contributed by atoms with Crippen molar-refractivity contribution >= 4 is 11.6 Å². The molecule has 0 aromatic heterocycles. The number of carbonyl (C=O) groups excluding carboxylic acids is 1. The number of nitrogens with two attached hydrogens (primary N) is 1. The highest BCUT2D eigenvalue weighted by Crippen LogP contribution is 2.34. The Labute approximate surface area is 142 Å². The van der Waals surface area contributed by atoms with Crippen molar-refractivity contribution in [2.24, 2.45) is 0 Å². The third kappa shape index (κ3) is 4.49. The van der Waals surface area contributed by atoms with Crippen molar-refractivity contribution in [2.45, 2.75) is 25.8 Å². The second-order valence-electron chi connectivity index (χ2n) is 6.06. The molecule has 0 fully saturated rings. The van der Waals surface area contributed by atoms with E-state index in [0.717, 1.165) is 18.5 Å². The monoisotopic (exact) mass is 327 g/mol. The van der Waals surface area contributed by atoms with Gasteiger partial charge >= 0.3 is 0 Å². The minimum Gasteiger partial charge on any atom is -0.454 e. The van der Waals surface area contributed by atoms with E-state index < -0.39 is 0 Å². The lowest BCUT2D eigenvalue weighted by atomic mass is 10.1. The van der Waals surface area contributed by atoms with Crippen LogP contribution in [0.4, 0.5) is 5.69 Å². The first kappa shape index (κ1) is 16.3. The lowest BCUT2D eigenvalue weighted by Gasteiger charge is -2.11. The molecule has 0 saturated heterocycles. The quantitative estimate of drug-likeness (QED) is 0.817. The van der Waals surface area contributed by atoms with E-state index >= 15 is 0 Å². The fourth-order valence-electron chi connectivity index (χ4n) is 2.65. The first-order valence-corrected chi connectivity index (χ1v) is 8.27. The molecule has 0 bridgehead atoms. The molecule has 126 valence electrons. The number of hydrogen-bond donors (Lipinski definition) is 2. The summed E-state index contributed by atoms with van der Waals surface area (Å²) in [6.45, 7) is 2.79. The second-order valence-corrected chi connectivity index (χ2v) is 6.06. The van der Waals surface area contributed by atoms with Crippen LogP contribution in [0.1, 0.15) is 18.9 Å². The first-order valence-electron chi connectivity index (χ1n) is 8.27. The smallest absolute Gasteiger partial charge is 0.279 e. The Morgan fingerprint density at radius 3 is 2.79 bits per heavy atom. The van der Waals surface area contributed by atoms with E-state index in [9.17, 15) is 4.79 Å². The van der Waals surface area contributed by atoms with Crippen molar-refractivity contribution in [3.05, 3.63) is 54.1 Å². The van der Waals surface area contributed by atoms with E-state index in [1.54, 1.807) is 6.07 Å². The minimum absolute atomic E-state index is 0.0135. The van der Waals surface area contributed by atoms with Gasteiger partial charge in [0.2, 0.25) is 6.79 Å². The summed E-state index contributed by atoms with van der Waals surface area (Å²) in [7, 11) is 0. The van der Waals surface area contributed by atoms with Gasteiger partial charge in [-0.05, 0) is 31.0 Å². The Kier molecular flexibility index (Phi) is 5.33. The Morgan fingerprint density at radius 2 is 1.96 bits per heavy atom. The van der Waals surface area contributed by atoms with Gasteiger partial charge in [-0.15, -0.1) is 0 Å². The van der Waals surface area contributed by atoms with Gasteiger partial charge in [-0.1, -0.05) is 30.3 Å². The van der Waals surface area contributed by atoms with Crippen LogP contribution in [0.25, 0.3) is 0 Å². The van der Waals surface area contributed by atoms with Crippen LogP contribution in [0.15, 0.2) is 48.5 Å². The molecule has 1 heterocycles. The van der Waals surface area contributed by atoms with Crippen LogP contribution in [0.5, 0.6) is 11.5 Å². The number of hydrogen-bond acceptors (Lipinski definition) is 3. The van der Waals surface area contributed by atoms with E-state index in [0.29, 0.717) is 24.1 Å². The van der Waals surface area contributed by atoms with E-state index in [-0.39, 0.29) is 12.7 Å². The lowest BCUT2D eigenvalue weighted by Crippen LogP contribution is -2.91. The molecule has 2 aromatic carbocycles. The number of anilines is 1. The molecule has 1 aliphatic heterocycles. The molecule has 5 nitrogen and oxygen atoms in total. The first-order chi connectivity index (χ1) is 11.7. The molecule has 5 heteroatoms. The van der Waals surface area contributed by atoms with E-state index in [1.165, 1.54) is 5.56 Å². The van der Waals surface area contributed by atoms with Crippen molar-refractivity contribution in [3.8, 4) is 11.5 Å². The number of rotatable bonds is 7. The molecule has 1 atom stereocenters. The maximum absolute atomic E-state index is 12.1. The lowest BCUT2D eigenvalue weighted by molar-refractivity contribution is -0.676. The van der Waals surface area contributed by atoms with Gasteiger partial charge in [0.25, 0.3) is 5.91 Å². The van der Waals surface area contributed by atoms with Gasteiger partial charge in [-0.3, -0.25) is 4.79 Å². The van der Waals surface area contributed by atoms with Crippen LogP contribution in [0, 0.1) is 0 Å². The summed E-state index contributed by atoms with van der Waals surface area (Å²) in [4.78, 5) is 12.1. The van der Waals surface area contributed by atoms with Crippen molar-refractivity contribution in [2.75, 3.05) is 18.7 Å². The number of nitrogens with one attached hydrogen (secondary N) is 1. The fourth-order valence-corrected chi connectivity index (χ4v) is 2.65. The van der Waals surface area contributed by atoms with Gasteiger partial charge in [0, 0.05) is 18.2 Å². The van der Waals surface area contributed by atoms with Crippen LogP contribution in [0.3, 0.4) is 0 Å². The molecule has 2 aromatic rings. The number of quaternary nitrogens is 1. The minimum atomic E-state index is -0.0135. The maximum Gasteiger partial charge on any atom is 0.279 e. The number of carbonyl (C=O) groups is 1. The summed E-state index contributed by atoms with van der Waals surface area (Å²) >= 11 is 0. The highest BCUT2D eigenvalue weighted by Gasteiger charge is 2.15. The van der Waals surface area contributed by atoms with E-state index in [4.69, 9.17) is 9.47 Å². The highest BCUT2D eigenvalue weighted by atomic mass is 16.7. The molecule has 1 aliphatic rings. The zero-order chi connectivity index (χ0) is 16.8. The van der Waals surface area contributed by atoms with Gasteiger partial charge in [0.05, 0.1) is 6.04 Å². The van der Waals surface area contributed by atoms with Crippen molar-refractivity contribution in [3.63, 3.8) is 0 Å². The van der Waals surface area contributed by atoms with Crippen LogP contribution in [-0.2, 0) is 11.2 Å². The van der Waals surface area contributed by atoms with Crippen molar-refractivity contribution in [1.29, 1.82) is 0 Å². The summed E-state index contributed by atoms with van der Waals surface area (Å²) in [5, 5.41) is 4.97. The van der Waals surface area contributed by atoms with Crippen molar-refractivity contribution < 1.29 is 19.6 Å². The number of ether oxygens (including phenoxy) is 2.